The van der Waals surface area contributed by atoms with Crippen molar-refractivity contribution in [2.45, 2.75) is 38.3 Å². The van der Waals surface area contributed by atoms with Crippen LogP contribution >= 0.6 is 0 Å². The average Bonchev–Trinajstić information content (AvgIpc) is 2.83. The van der Waals surface area contributed by atoms with Crippen LogP contribution in [0.25, 0.3) is 0 Å². The van der Waals surface area contributed by atoms with Gasteiger partial charge in [0.1, 0.15) is 0 Å². The Morgan fingerprint density at radius 1 is 1.44 bits per heavy atom. The Labute approximate surface area is 107 Å². The summed E-state index contributed by atoms with van der Waals surface area (Å²) in [5.41, 5.74) is 8.34. The number of nitrogens with zero attached hydrogens (tertiary/aromatic N) is 2. The molecule has 2 aliphatic rings. The van der Waals surface area contributed by atoms with Gasteiger partial charge < -0.3 is 10.6 Å². The van der Waals surface area contributed by atoms with Gasteiger partial charge in [-0.3, -0.25) is 9.78 Å². The molecule has 2 N–H and O–H groups in total. The Kier molecular flexibility index (Phi) is 3.04. The average molecular weight is 245 g/mol. The van der Waals surface area contributed by atoms with Crippen molar-refractivity contribution in [3.63, 3.8) is 0 Å². The fourth-order valence-electron chi connectivity index (χ4n) is 3.08. The Morgan fingerprint density at radius 3 is 3.11 bits per heavy atom. The van der Waals surface area contributed by atoms with E-state index in [1.165, 1.54) is 5.56 Å². The lowest BCUT2D eigenvalue weighted by Crippen LogP contribution is -2.44. The van der Waals surface area contributed by atoms with E-state index in [1.807, 2.05) is 17.2 Å². The Bertz CT molecular complexity index is 460. The van der Waals surface area contributed by atoms with Gasteiger partial charge in [-0.25, -0.2) is 0 Å². The molecule has 0 saturated heterocycles. The van der Waals surface area contributed by atoms with Crippen LogP contribution in [0.15, 0.2) is 18.3 Å². The van der Waals surface area contributed by atoms with E-state index in [2.05, 4.69) is 11.1 Å². The van der Waals surface area contributed by atoms with E-state index in [0.717, 1.165) is 37.9 Å². The number of carbonyl (C=O) groups excluding carboxylic acids is 1. The highest BCUT2D eigenvalue weighted by atomic mass is 16.2. The molecule has 2 atom stereocenters. The van der Waals surface area contributed by atoms with Crippen molar-refractivity contribution >= 4 is 5.91 Å². The zero-order valence-electron chi connectivity index (χ0n) is 10.5. The summed E-state index contributed by atoms with van der Waals surface area (Å²) in [6.07, 6.45) is 5.72. The summed E-state index contributed by atoms with van der Waals surface area (Å²) in [5, 5.41) is 0. The van der Waals surface area contributed by atoms with Gasteiger partial charge in [0.05, 0.1) is 5.92 Å². The van der Waals surface area contributed by atoms with Crippen molar-refractivity contribution in [1.29, 1.82) is 0 Å². The number of amides is 1. The van der Waals surface area contributed by atoms with Gasteiger partial charge in [-0.05, 0) is 24.5 Å². The van der Waals surface area contributed by atoms with Gasteiger partial charge in [0.25, 0.3) is 0 Å². The molecule has 1 fully saturated rings. The van der Waals surface area contributed by atoms with Crippen molar-refractivity contribution in [1.82, 2.24) is 9.88 Å². The minimum atomic E-state index is 0.0446. The molecule has 3 rings (SSSR count). The second kappa shape index (κ2) is 4.69. The first-order chi connectivity index (χ1) is 8.75. The van der Waals surface area contributed by atoms with E-state index in [0.29, 0.717) is 6.54 Å². The summed E-state index contributed by atoms with van der Waals surface area (Å²) < 4.78 is 0. The smallest absolute Gasteiger partial charge is 0.227 e. The van der Waals surface area contributed by atoms with E-state index < -0.39 is 0 Å². The van der Waals surface area contributed by atoms with Crippen molar-refractivity contribution in [2.24, 2.45) is 11.7 Å². The first kappa shape index (κ1) is 11.7. The van der Waals surface area contributed by atoms with E-state index in [1.54, 1.807) is 0 Å². The van der Waals surface area contributed by atoms with E-state index in [9.17, 15) is 4.79 Å². The third-order valence-electron chi connectivity index (χ3n) is 4.16. The minimum absolute atomic E-state index is 0.0446. The fourth-order valence-corrected chi connectivity index (χ4v) is 3.08. The molecule has 1 amide bonds. The molecule has 4 heteroatoms. The van der Waals surface area contributed by atoms with Crippen molar-refractivity contribution in [3.8, 4) is 0 Å². The number of carbonyl (C=O) groups is 1. The summed E-state index contributed by atoms with van der Waals surface area (Å²) >= 11 is 0. The normalized spacial score (nSPS) is 27.1. The van der Waals surface area contributed by atoms with Crippen LogP contribution in [0.3, 0.4) is 0 Å². The quantitative estimate of drug-likeness (QED) is 0.806. The van der Waals surface area contributed by atoms with Gasteiger partial charge >= 0.3 is 0 Å². The lowest BCUT2D eigenvalue weighted by atomic mass is 9.99. The van der Waals surface area contributed by atoms with Crippen LogP contribution in [-0.2, 0) is 17.8 Å². The maximum Gasteiger partial charge on any atom is 0.227 e. The highest BCUT2D eigenvalue weighted by Gasteiger charge is 2.34. The number of fused-ring (bicyclic) bond motifs is 1. The zero-order valence-corrected chi connectivity index (χ0v) is 10.5. The Balaban J connectivity index is 1.74. The zero-order chi connectivity index (χ0) is 12.5. The number of hydrogen-bond acceptors (Lipinski definition) is 3. The summed E-state index contributed by atoms with van der Waals surface area (Å²) in [6.45, 7) is 1.48. The molecular formula is C14H19N3O. The highest BCUT2D eigenvalue weighted by molar-refractivity contribution is 5.80. The van der Waals surface area contributed by atoms with Gasteiger partial charge in [0, 0.05) is 37.4 Å². The molecule has 0 aromatic carbocycles. The van der Waals surface area contributed by atoms with E-state index >= 15 is 0 Å². The molecule has 1 saturated carbocycles. The number of pyridine rings is 1. The van der Waals surface area contributed by atoms with Crippen LogP contribution in [0.2, 0.25) is 0 Å². The van der Waals surface area contributed by atoms with Crippen LogP contribution in [0, 0.1) is 5.92 Å². The lowest BCUT2D eigenvalue weighted by Gasteiger charge is -2.31. The number of aromatic nitrogens is 1. The predicted molar refractivity (Wildman–Crippen MR) is 68.7 cm³/mol. The van der Waals surface area contributed by atoms with E-state index in [4.69, 9.17) is 5.73 Å². The first-order valence-electron chi connectivity index (χ1n) is 6.73. The molecular weight excluding hydrogens is 226 g/mol. The minimum Gasteiger partial charge on any atom is -0.338 e. The lowest BCUT2D eigenvalue weighted by molar-refractivity contribution is -0.136. The van der Waals surface area contributed by atoms with Crippen LogP contribution in [-0.4, -0.2) is 28.4 Å². The standard InChI is InChI=1S/C14H19N3O/c15-12-5-1-4-11(12)14(18)17-8-6-13-10(9-17)3-2-7-16-13/h2-3,7,11-12H,1,4-6,8-9,15H2. The maximum absolute atomic E-state index is 12.4. The first-order valence-corrected chi connectivity index (χ1v) is 6.73. The van der Waals surface area contributed by atoms with Gasteiger partial charge in [-0.1, -0.05) is 12.5 Å². The second-order valence-electron chi connectivity index (χ2n) is 5.32. The molecule has 1 aromatic rings. The van der Waals surface area contributed by atoms with Crippen molar-refractivity contribution in [2.75, 3.05) is 6.54 Å². The topological polar surface area (TPSA) is 59.2 Å². The molecule has 96 valence electrons. The largest absolute Gasteiger partial charge is 0.338 e. The molecule has 1 aliphatic heterocycles. The third kappa shape index (κ3) is 2.01. The Morgan fingerprint density at radius 2 is 2.33 bits per heavy atom. The summed E-state index contributed by atoms with van der Waals surface area (Å²) in [6, 6.07) is 4.07. The molecule has 4 nitrogen and oxygen atoms in total. The third-order valence-corrected chi connectivity index (χ3v) is 4.16. The summed E-state index contributed by atoms with van der Waals surface area (Å²) in [4.78, 5) is 18.8. The maximum atomic E-state index is 12.4. The molecule has 0 radical (unpaired) electrons. The summed E-state index contributed by atoms with van der Waals surface area (Å²) in [5.74, 6) is 0.290. The van der Waals surface area contributed by atoms with Crippen molar-refractivity contribution < 1.29 is 4.79 Å². The fraction of sp³-hybridized carbons (Fsp3) is 0.571. The van der Waals surface area contributed by atoms with Gasteiger partial charge in [-0.15, -0.1) is 0 Å². The second-order valence-corrected chi connectivity index (χ2v) is 5.32. The molecule has 1 aromatic heterocycles. The van der Waals surface area contributed by atoms with Crippen LogP contribution < -0.4 is 5.73 Å². The Hall–Kier alpha value is -1.42. The van der Waals surface area contributed by atoms with Crippen molar-refractivity contribution in [3.05, 3.63) is 29.6 Å². The highest BCUT2D eigenvalue weighted by Crippen LogP contribution is 2.27. The van der Waals surface area contributed by atoms with Gasteiger partial charge in [-0.2, -0.15) is 0 Å². The number of nitrogens with two attached hydrogens (primary N) is 1. The molecule has 0 bridgehead atoms. The van der Waals surface area contributed by atoms with Gasteiger partial charge in [0.15, 0.2) is 0 Å². The van der Waals surface area contributed by atoms with Crippen LogP contribution in [0.5, 0.6) is 0 Å². The summed E-state index contributed by atoms with van der Waals surface area (Å²) in [7, 11) is 0. The van der Waals surface area contributed by atoms with Gasteiger partial charge in [0.2, 0.25) is 5.91 Å². The van der Waals surface area contributed by atoms with Crippen LogP contribution in [0.1, 0.15) is 30.5 Å². The predicted octanol–water partition coefficient (Wildman–Crippen LogP) is 1.09. The monoisotopic (exact) mass is 245 g/mol. The SMILES string of the molecule is NC1CCCC1C(=O)N1CCc2ncccc2C1. The number of hydrogen-bond donors (Lipinski definition) is 1. The van der Waals surface area contributed by atoms with E-state index in [-0.39, 0.29) is 17.9 Å². The molecule has 0 spiro atoms. The molecule has 2 heterocycles. The molecule has 18 heavy (non-hydrogen) atoms. The number of rotatable bonds is 1. The van der Waals surface area contributed by atoms with Crippen LogP contribution in [0.4, 0.5) is 0 Å². The molecule has 1 aliphatic carbocycles. The molecule has 2 unspecified atom stereocenters.